The third-order valence-corrected chi connectivity index (χ3v) is 4.41. The summed E-state index contributed by atoms with van der Waals surface area (Å²) in [6.07, 6.45) is 0. The Kier molecular flexibility index (Phi) is 3.73. The second-order valence-electron chi connectivity index (χ2n) is 5.85. The first-order valence-corrected chi connectivity index (χ1v) is 7.03. The molecule has 1 atom stereocenters. The summed E-state index contributed by atoms with van der Waals surface area (Å²) in [4.78, 5) is 0. The zero-order valence-electron chi connectivity index (χ0n) is 11.6. The topological polar surface area (TPSA) is 64.7 Å². The fourth-order valence-electron chi connectivity index (χ4n) is 1.97. The molecule has 4 nitrogen and oxygen atoms in total. The van der Waals surface area contributed by atoms with Gasteiger partial charge in [-0.05, 0) is 45.9 Å². The van der Waals surface area contributed by atoms with Gasteiger partial charge in [-0.25, -0.2) is 0 Å². The number of halogens is 1. The average molecular weight is 328 g/mol. The van der Waals surface area contributed by atoms with Crippen molar-refractivity contribution in [3.63, 3.8) is 0 Å². The van der Waals surface area contributed by atoms with Crippen LogP contribution in [0.4, 0.5) is 0 Å². The summed E-state index contributed by atoms with van der Waals surface area (Å²) in [6.45, 7) is 7.89. The zero-order chi connectivity index (χ0) is 14.4. The van der Waals surface area contributed by atoms with Crippen LogP contribution in [0.2, 0.25) is 0 Å². The number of phenolic OH excluding ortho intramolecular Hbond substituents is 1. The van der Waals surface area contributed by atoms with Gasteiger partial charge in [0.1, 0.15) is 5.75 Å². The SMILES string of the molecule is CC1(C)OB([C@@H](N)c2cc(Br)ccc2O)OC1(C)C. The van der Waals surface area contributed by atoms with Crippen LogP contribution in [-0.4, -0.2) is 23.4 Å². The predicted octanol–water partition coefficient (Wildman–Crippen LogP) is 2.79. The van der Waals surface area contributed by atoms with Crippen molar-refractivity contribution >= 4 is 23.0 Å². The first-order valence-electron chi connectivity index (χ1n) is 6.24. The maximum Gasteiger partial charge on any atom is 0.480 e. The Balaban J connectivity index is 2.27. The second-order valence-corrected chi connectivity index (χ2v) is 6.77. The van der Waals surface area contributed by atoms with Crippen molar-refractivity contribution in [1.82, 2.24) is 0 Å². The van der Waals surface area contributed by atoms with Crippen LogP contribution in [-0.2, 0) is 9.31 Å². The minimum atomic E-state index is -0.579. The Morgan fingerprint density at radius 1 is 1.21 bits per heavy atom. The smallest absolute Gasteiger partial charge is 0.480 e. The summed E-state index contributed by atoms with van der Waals surface area (Å²) in [5, 5.41) is 9.91. The lowest BCUT2D eigenvalue weighted by atomic mass is 9.74. The molecule has 1 aromatic rings. The van der Waals surface area contributed by atoms with E-state index in [9.17, 15) is 5.11 Å². The second kappa shape index (κ2) is 4.77. The van der Waals surface area contributed by atoms with Gasteiger partial charge in [0, 0.05) is 10.0 Å². The van der Waals surface area contributed by atoms with E-state index in [0.29, 0.717) is 5.56 Å². The first kappa shape index (κ1) is 14.8. The molecule has 104 valence electrons. The number of hydrogen-bond acceptors (Lipinski definition) is 4. The first-order chi connectivity index (χ1) is 8.64. The molecule has 0 aliphatic carbocycles. The van der Waals surface area contributed by atoms with Crippen molar-refractivity contribution in [2.75, 3.05) is 0 Å². The van der Waals surface area contributed by atoms with Gasteiger partial charge in [-0.15, -0.1) is 0 Å². The van der Waals surface area contributed by atoms with E-state index in [0.717, 1.165) is 4.47 Å². The van der Waals surface area contributed by atoms with Crippen LogP contribution in [0.5, 0.6) is 5.75 Å². The highest BCUT2D eigenvalue weighted by molar-refractivity contribution is 9.10. The molecular formula is C13H19BBrNO3. The van der Waals surface area contributed by atoms with Gasteiger partial charge in [0.05, 0.1) is 17.1 Å². The van der Waals surface area contributed by atoms with Crippen molar-refractivity contribution in [2.24, 2.45) is 5.73 Å². The van der Waals surface area contributed by atoms with Crippen LogP contribution in [0.3, 0.4) is 0 Å². The lowest BCUT2D eigenvalue weighted by molar-refractivity contribution is 0.00578. The standard InChI is InChI=1S/C13H19BBrNO3/c1-12(2)13(3,4)19-14(18-12)11(16)9-7-8(15)5-6-10(9)17/h5-7,11,17H,16H2,1-4H3/t11-/m0/s1. The highest BCUT2D eigenvalue weighted by Gasteiger charge is 2.53. The minimum Gasteiger partial charge on any atom is -0.508 e. The van der Waals surface area contributed by atoms with E-state index in [2.05, 4.69) is 15.9 Å². The number of rotatable bonds is 2. The molecule has 0 unspecified atom stereocenters. The number of aromatic hydroxyl groups is 1. The van der Waals surface area contributed by atoms with Crippen LogP contribution >= 0.6 is 15.9 Å². The van der Waals surface area contributed by atoms with Crippen molar-refractivity contribution in [1.29, 1.82) is 0 Å². The van der Waals surface area contributed by atoms with E-state index in [1.807, 2.05) is 27.7 Å². The van der Waals surface area contributed by atoms with Crippen molar-refractivity contribution < 1.29 is 14.4 Å². The molecule has 0 radical (unpaired) electrons. The Morgan fingerprint density at radius 3 is 2.26 bits per heavy atom. The molecule has 19 heavy (non-hydrogen) atoms. The van der Waals surface area contributed by atoms with Gasteiger partial charge >= 0.3 is 7.12 Å². The molecule has 2 rings (SSSR count). The van der Waals surface area contributed by atoms with Crippen LogP contribution in [0.25, 0.3) is 0 Å². The summed E-state index contributed by atoms with van der Waals surface area (Å²) >= 11 is 3.37. The van der Waals surface area contributed by atoms with Gasteiger partial charge < -0.3 is 20.1 Å². The molecule has 0 saturated carbocycles. The number of phenols is 1. The normalized spacial score (nSPS) is 22.5. The molecule has 0 spiro atoms. The summed E-state index contributed by atoms with van der Waals surface area (Å²) in [7, 11) is -0.579. The van der Waals surface area contributed by atoms with Crippen molar-refractivity contribution in [3.05, 3.63) is 28.2 Å². The predicted molar refractivity (Wildman–Crippen MR) is 78.8 cm³/mol. The molecule has 6 heteroatoms. The molecule has 1 heterocycles. The lowest BCUT2D eigenvalue weighted by Crippen LogP contribution is -2.41. The van der Waals surface area contributed by atoms with Crippen molar-refractivity contribution in [3.8, 4) is 5.75 Å². The quantitative estimate of drug-likeness (QED) is 0.820. The van der Waals surface area contributed by atoms with Crippen LogP contribution < -0.4 is 5.73 Å². The maximum absolute atomic E-state index is 9.91. The van der Waals surface area contributed by atoms with E-state index >= 15 is 0 Å². The molecule has 3 N–H and O–H groups in total. The Bertz CT molecular complexity index is 477. The van der Waals surface area contributed by atoms with E-state index in [4.69, 9.17) is 15.0 Å². The summed E-state index contributed by atoms with van der Waals surface area (Å²) in [6, 6.07) is 5.14. The lowest BCUT2D eigenvalue weighted by Gasteiger charge is -2.32. The van der Waals surface area contributed by atoms with E-state index in [1.54, 1.807) is 18.2 Å². The molecule has 1 saturated heterocycles. The molecule has 1 aliphatic heterocycles. The fraction of sp³-hybridized carbons (Fsp3) is 0.538. The third kappa shape index (κ3) is 2.67. The molecular weight excluding hydrogens is 309 g/mol. The zero-order valence-corrected chi connectivity index (χ0v) is 13.2. The Labute approximate surface area is 122 Å². The van der Waals surface area contributed by atoms with Crippen LogP contribution in [0.15, 0.2) is 22.7 Å². The van der Waals surface area contributed by atoms with Gasteiger partial charge in [-0.3, -0.25) is 0 Å². The summed E-state index contributed by atoms with van der Waals surface area (Å²) < 4.78 is 12.7. The molecule has 0 amide bonds. The molecule has 1 aromatic carbocycles. The van der Waals surface area contributed by atoms with Gasteiger partial charge in [0.2, 0.25) is 0 Å². The monoisotopic (exact) mass is 327 g/mol. The van der Waals surface area contributed by atoms with Crippen LogP contribution in [0, 0.1) is 0 Å². The summed E-state index contributed by atoms with van der Waals surface area (Å²) in [5.74, 6) is -0.399. The highest BCUT2D eigenvalue weighted by atomic mass is 79.9. The minimum absolute atomic E-state index is 0.144. The number of nitrogens with two attached hydrogens (primary N) is 1. The van der Waals surface area contributed by atoms with Gasteiger partial charge in [0.25, 0.3) is 0 Å². The summed E-state index contributed by atoms with van der Waals surface area (Å²) in [5.41, 5.74) is 5.92. The number of hydrogen-bond donors (Lipinski definition) is 2. The fourth-order valence-corrected chi connectivity index (χ4v) is 2.35. The van der Waals surface area contributed by atoms with E-state index in [-0.39, 0.29) is 5.75 Å². The van der Waals surface area contributed by atoms with Crippen LogP contribution in [0.1, 0.15) is 39.2 Å². The van der Waals surface area contributed by atoms with Gasteiger partial charge in [0.15, 0.2) is 0 Å². The maximum atomic E-state index is 9.91. The van der Waals surface area contributed by atoms with E-state index < -0.39 is 24.3 Å². The third-order valence-electron chi connectivity index (χ3n) is 3.91. The average Bonchev–Trinajstić information content (AvgIpc) is 2.51. The van der Waals surface area contributed by atoms with Gasteiger partial charge in [-0.1, -0.05) is 15.9 Å². The molecule has 1 aliphatic rings. The number of benzene rings is 1. The molecule has 0 aromatic heterocycles. The Hall–Kier alpha value is -0.555. The Morgan fingerprint density at radius 2 is 1.74 bits per heavy atom. The molecule has 0 bridgehead atoms. The van der Waals surface area contributed by atoms with Gasteiger partial charge in [-0.2, -0.15) is 0 Å². The largest absolute Gasteiger partial charge is 0.508 e. The highest BCUT2D eigenvalue weighted by Crippen LogP contribution is 2.40. The van der Waals surface area contributed by atoms with Crippen molar-refractivity contribution in [2.45, 2.75) is 44.8 Å². The van der Waals surface area contributed by atoms with E-state index in [1.165, 1.54) is 0 Å². The molecule has 1 fully saturated rings.